The Kier molecular flexibility index (Phi) is 7.81. The number of aliphatic imine (C=N–C) groups is 1. The molecular weight excluding hydrogens is 312 g/mol. The van der Waals surface area contributed by atoms with Crippen molar-refractivity contribution in [3.05, 3.63) is 0 Å². The van der Waals surface area contributed by atoms with Gasteiger partial charge in [-0.1, -0.05) is 0 Å². The molecule has 1 fully saturated rings. The van der Waals surface area contributed by atoms with Gasteiger partial charge in [0.1, 0.15) is 5.60 Å². The molecule has 0 bridgehead atoms. The number of rotatable bonds is 6. The van der Waals surface area contributed by atoms with Crippen molar-refractivity contribution < 1.29 is 19.1 Å². The van der Waals surface area contributed by atoms with Crippen LogP contribution in [0.5, 0.6) is 0 Å². The summed E-state index contributed by atoms with van der Waals surface area (Å²) in [6.45, 7) is 7.47. The van der Waals surface area contributed by atoms with E-state index in [4.69, 9.17) is 4.74 Å². The van der Waals surface area contributed by atoms with Crippen LogP contribution >= 0.6 is 0 Å². The molecule has 24 heavy (non-hydrogen) atoms. The molecule has 0 radical (unpaired) electrons. The minimum absolute atomic E-state index is 0.166. The summed E-state index contributed by atoms with van der Waals surface area (Å²) in [4.78, 5) is 28.7. The zero-order chi connectivity index (χ0) is 18.2. The third-order valence-corrected chi connectivity index (χ3v) is 3.43. The fraction of sp³-hybridized carbons (Fsp3) is 0.812. The van der Waals surface area contributed by atoms with Gasteiger partial charge in [-0.15, -0.1) is 0 Å². The summed E-state index contributed by atoms with van der Waals surface area (Å²) in [5.41, 5.74) is -0.475. The third-order valence-electron chi connectivity index (χ3n) is 3.43. The first-order chi connectivity index (χ1) is 11.2. The van der Waals surface area contributed by atoms with Crippen molar-refractivity contribution >= 4 is 18.0 Å². The average molecular weight is 342 g/mol. The van der Waals surface area contributed by atoms with E-state index >= 15 is 0 Å². The number of amides is 1. The van der Waals surface area contributed by atoms with E-state index in [1.165, 1.54) is 7.11 Å². The number of nitrogens with one attached hydrogen (secondary N) is 2. The van der Waals surface area contributed by atoms with E-state index in [0.717, 1.165) is 19.4 Å². The van der Waals surface area contributed by atoms with Crippen LogP contribution in [0.25, 0.3) is 0 Å². The Morgan fingerprint density at radius 3 is 2.46 bits per heavy atom. The quantitative estimate of drug-likeness (QED) is 0.325. The average Bonchev–Trinajstić information content (AvgIpc) is 2.45. The highest BCUT2D eigenvalue weighted by molar-refractivity contribution is 5.80. The number of ether oxygens (including phenoxy) is 2. The Morgan fingerprint density at radius 1 is 1.25 bits per heavy atom. The summed E-state index contributed by atoms with van der Waals surface area (Å²) in [6.07, 6.45) is 1.76. The van der Waals surface area contributed by atoms with Crippen molar-refractivity contribution in [1.82, 2.24) is 15.5 Å². The molecule has 0 aliphatic carbocycles. The van der Waals surface area contributed by atoms with Gasteiger partial charge in [0, 0.05) is 33.1 Å². The first kappa shape index (κ1) is 20.1. The standard InChI is InChI=1S/C16H30N4O4/c1-16(2,3)24-15(22)20-10-12(11-20)19-14(17-4)18-9-7-6-8-13(21)23-5/h12H,6-11H2,1-5H3,(H2,17,18,19). The number of hydrogen-bond acceptors (Lipinski definition) is 5. The molecule has 0 aromatic heterocycles. The van der Waals surface area contributed by atoms with Gasteiger partial charge >= 0.3 is 12.1 Å². The number of guanidine groups is 1. The predicted molar refractivity (Wildman–Crippen MR) is 92.0 cm³/mol. The van der Waals surface area contributed by atoms with Crippen molar-refractivity contribution in [2.45, 2.75) is 51.7 Å². The second kappa shape index (κ2) is 9.34. The molecule has 0 aromatic rings. The molecule has 1 amide bonds. The Morgan fingerprint density at radius 2 is 1.92 bits per heavy atom. The summed E-state index contributed by atoms with van der Waals surface area (Å²) >= 11 is 0. The molecule has 1 aliphatic rings. The molecule has 1 heterocycles. The highest BCUT2D eigenvalue weighted by Gasteiger charge is 2.34. The lowest BCUT2D eigenvalue weighted by molar-refractivity contribution is -0.140. The number of carbonyl (C=O) groups excluding carboxylic acids is 2. The monoisotopic (exact) mass is 342 g/mol. The van der Waals surface area contributed by atoms with Crippen LogP contribution in [0.1, 0.15) is 40.0 Å². The van der Waals surface area contributed by atoms with E-state index in [9.17, 15) is 9.59 Å². The van der Waals surface area contributed by atoms with Crippen molar-refractivity contribution in [2.75, 3.05) is 33.8 Å². The fourth-order valence-corrected chi connectivity index (χ4v) is 2.14. The molecule has 0 saturated carbocycles. The molecular formula is C16H30N4O4. The normalized spacial score (nSPS) is 15.5. The van der Waals surface area contributed by atoms with Crippen LogP contribution in [0.15, 0.2) is 4.99 Å². The number of nitrogens with zero attached hydrogens (tertiary/aromatic N) is 2. The first-order valence-electron chi connectivity index (χ1n) is 8.27. The van der Waals surface area contributed by atoms with Crippen molar-refractivity contribution in [2.24, 2.45) is 4.99 Å². The number of hydrogen-bond donors (Lipinski definition) is 2. The van der Waals surface area contributed by atoms with Crippen molar-refractivity contribution in [3.8, 4) is 0 Å². The summed E-state index contributed by atoms with van der Waals surface area (Å²) < 4.78 is 9.91. The molecule has 0 unspecified atom stereocenters. The highest BCUT2D eigenvalue weighted by Crippen LogP contribution is 2.15. The van der Waals surface area contributed by atoms with Gasteiger partial charge in [-0.05, 0) is 33.6 Å². The van der Waals surface area contributed by atoms with Gasteiger partial charge in [0.25, 0.3) is 0 Å². The summed E-state index contributed by atoms with van der Waals surface area (Å²) in [5.74, 6) is 0.510. The Balaban J connectivity index is 2.17. The number of methoxy groups -OCH3 is 1. The summed E-state index contributed by atoms with van der Waals surface area (Å²) in [6, 6.07) is 0.166. The molecule has 138 valence electrons. The minimum atomic E-state index is -0.475. The molecule has 0 atom stereocenters. The number of esters is 1. The lowest BCUT2D eigenvalue weighted by Crippen LogP contribution is -2.63. The van der Waals surface area contributed by atoms with Gasteiger partial charge < -0.3 is 25.0 Å². The van der Waals surface area contributed by atoms with Gasteiger partial charge in [-0.2, -0.15) is 0 Å². The second-order valence-electron chi connectivity index (χ2n) is 6.76. The smallest absolute Gasteiger partial charge is 0.410 e. The maximum Gasteiger partial charge on any atom is 0.410 e. The van der Waals surface area contributed by atoms with E-state index in [2.05, 4.69) is 20.4 Å². The molecule has 1 rings (SSSR count). The zero-order valence-corrected chi connectivity index (χ0v) is 15.3. The number of carbonyl (C=O) groups is 2. The SMILES string of the molecule is CN=C(NCCCCC(=O)OC)NC1CN(C(=O)OC(C)(C)C)C1. The molecule has 8 heteroatoms. The van der Waals surface area contributed by atoms with E-state index in [1.54, 1.807) is 11.9 Å². The molecule has 2 N–H and O–H groups in total. The Bertz CT molecular complexity index is 453. The molecule has 0 spiro atoms. The summed E-state index contributed by atoms with van der Waals surface area (Å²) in [7, 11) is 3.10. The minimum Gasteiger partial charge on any atom is -0.469 e. The Labute approximate surface area is 144 Å². The maximum atomic E-state index is 11.9. The van der Waals surface area contributed by atoms with Crippen LogP contribution in [-0.4, -0.2) is 68.4 Å². The van der Waals surface area contributed by atoms with Crippen LogP contribution in [0.2, 0.25) is 0 Å². The topological polar surface area (TPSA) is 92.3 Å². The van der Waals surface area contributed by atoms with Crippen molar-refractivity contribution in [3.63, 3.8) is 0 Å². The molecule has 1 aliphatic heterocycles. The van der Waals surface area contributed by atoms with E-state index in [0.29, 0.717) is 25.5 Å². The van der Waals surface area contributed by atoms with E-state index < -0.39 is 5.60 Å². The van der Waals surface area contributed by atoms with E-state index in [1.807, 2.05) is 20.8 Å². The van der Waals surface area contributed by atoms with Gasteiger partial charge in [-0.25, -0.2) is 4.79 Å². The Hall–Kier alpha value is -1.99. The highest BCUT2D eigenvalue weighted by atomic mass is 16.6. The predicted octanol–water partition coefficient (Wildman–Crippen LogP) is 1.11. The van der Waals surface area contributed by atoms with Crippen molar-refractivity contribution in [1.29, 1.82) is 0 Å². The maximum absolute atomic E-state index is 11.9. The lowest BCUT2D eigenvalue weighted by Gasteiger charge is -2.40. The summed E-state index contributed by atoms with van der Waals surface area (Å²) in [5, 5.41) is 6.45. The van der Waals surface area contributed by atoms with Gasteiger partial charge in [0.05, 0.1) is 13.2 Å². The van der Waals surface area contributed by atoms with Crippen LogP contribution in [0, 0.1) is 0 Å². The van der Waals surface area contributed by atoms with Crippen LogP contribution in [-0.2, 0) is 14.3 Å². The third kappa shape index (κ3) is 7.52. The number of likely N-dealkylation sites (tertiary alicyclic amines) is 1. The molecule has 8 nitrogen and oxygen atoms in total. The van der Waals surface area contributed by atoms with Crippen LogP contribution in [0.4, 0.5) is 4.79 Å². The van der Waals surface area contributed by atoms with Crippen LogP contribution < -0.4 is 10.6 Å². The fourth-order valence-electron chi connectivity index (χ4n) is 2.14. The van der Waals surface area contributed by atoms with Gasteiger partial charge in [0.15, 0.2) is 5.96 Å². The molecule has 0 aromatic carbocycles. The van der Waals surface area contributed by atoms with Gasteiger partial charge in [-0.3, -0.25) is 9.79 Å². The zero-order valence-electron chi connectivity index (χ0n) is 15.3. The van der Waals surface area contributed by atoms with Crippen LogP contribution in [0.3, 0.4) is 0 Å². The molecule has 1 saturated heterocycles. The lowest BCUT2D eigenvalue weighted by atomic mass is 10.1. The van der Waals surface area contributed by atoms with E-state index in [-0.39, 0.29) is 18.1 Å². The first-order valence-corrected chi connectivity index (χ1v) is 8.27. The largest absolute Gasteiger partial charge is 0.469 e. The van der Waals surface area contributed by atoms with Gasteiger partial charge in [0.2, 0.25) is 0 Å². The second-order valence-corrected chi connectivity index (χ2v) is 6.76. The number of unbranched alkanes of at least 4 members (excludes halogenated alkanes) is 1.